The van der Waals surface area contributed by atoms with E-state index in [0.717, 1.165) is 22.5 Å². The minimum absolute atomic E-state index is 0.267. The number of H-pyrrole nitrogens is 1. The summed E-state index contributed by atoms with van der Waals surface area (Å²) in [6.45, 7) is 2.14. The molecule has 3 aromatic rings. The van der Waals surface area contributed by atoms with Gasteiger partial charge in [0.1, 0.15) is 5.78 Å². The predicted octanol–water partition coefficient (Wildman–Crippen LogP) is 2.29. The number of hydrogen-bond acceptors (Lipinski definition) is 3. The van der Waals surface area contributed by atoms with Crippen LogP contribution in [0.1, 0.15) is 31.4 Å². The fourth-order valence-electron chi connectivity index (χ4n) is 3.18. The molecule has 4 rings (SSSR count). The van der Waals surface area contributed by atoms with Crippen LogP contribution in [-0.4, -0.2) is 25.1 Å². The van der Waals surface area contributed by atoms with Crippen LogP contribution in [0.4, 0.5) is 0 Å². The molecule has 1 fully saturated rings. The van der Waals surface area contributed by atoms with Gasteiger partial charge in [0.15, 0.2) is 11.3 Å². The molecule has 2 atom stereocenters. The van der Waals surface area contributed by atoms with E-state index < -0.39 is 0 Å². The number of fused-ring (bicyclic) bond motifs is 3. The molecule has 3 aromatic heterocycles. The molecule has 3 heterocycles. The summed E-state index contributed by atoms with van der Waals surface area (Å²) in [4.78, 5) is 23.5. The zero-order chi connectivity index (χ0) is 13.0. The van der Waals surface area contributed by atoms with E-state index in [1.165, 1.54) is 0 Å². The van der Waals surface area contributed by atoms with Crippen LogP contribution in [0, 0.1) is 5.92 Å². The Balaban J connectivity index is 1.99. The SMILES string of the molecule is C[C@@H]1CC(=O)C[C@@H]1c1cnc2cnc3[nH]ccc3n12. The monoisotopic (exact) mass is 254 g/mol. The fraction of sp³-hybridized carbons (Fsp3) is 0.357. The number of hydrogen-bond donors (Lipinski definition) is 1. The van der Waals surface area contributed by atoms with Gasteiger partial charge in [-0.1, -0.05) is 6.92 Å². The zero-order valence-corrected chi connectivity index (χ0v) is 10.6. The third-order valence-electron chi connectivity index (χ3n) is 4.13. The standard InChI is InChI=1S/C14H14N4O/c1-8-4-9(19)5-10(8)12-6-16-13-7-17-14-11(18(12)13)2-3-15-14/h2-3,6-8,10,15H,4-5H2,1H3/t8-,10+/m1/s1. The van der Waals surface area contributed by atoms with Crippen molar-refractivity contribution < 1.29 is 4.79 Å². The summed E-state index contributed by atoms with van der Waals surface area (Å²) < 4.78 is 2.12. The number of carbonyl (C=O) groups excluding carboxylic acids is 1. The number of nitrogens with zero attached hydrogens (tertiary/aromatic N) is 3. The Morgan fingerprint density at radius 1 is 1.32 bits per heavy atom. The Labute approximate surface area is 109 Å². The van der Waals surface area contributed by atoms with Crippen LogP contribution in [0.2, 0.25) is 0 Å². The molecule has 1 aliphatic rings. The zero-order valence-electron chi connectivity index (χ0n) is 10.6. The Morgan fingerprint density at radius 2 is 2.21 bits per heavy atom. The van der Waals surface area contributed by atoms with Crippen molar-refractivity contribution >= 4 is 22.6 Å². The molecule has 0 radical (unpaired) electrons. The van der Waals surface area contributed by atoms with Crippen LogP contribution in [0.25, 0.3) is 16.8 Å². The van der Waals surface area contributed by atoms with Gasteiger partial charge in [0.25, 0.3) is 0 Å². The molecule has 0 aromatic carbocycles. The maximum Gasteiger partial charge on any atom is 0.156 e. The van der Waals surface area contributed by atoms with E-state index >= 15 is 0 Å². The van der Waals surface area contributed by atoms with Crippen LogP contribution in [-0.2, 0) is 4.79 Å². The van der Waals surface area contributed by atoms with Gasteiger partial charge in [-0.2, -0.15) is 0 Å². The molecule has 0 spiro atoms. The van der Waals surface area contributed by atoms with Crippen molar-refractivity contribution in [1.29, 1.82) is 0 Å². The Kier molecular flexibility index (Phi) is 2.07. The fourth-order valence-corrected chi connectivity index (χ4v) is 3.18. The Bertz CT molecular complexity index is 785. The summed E-state index contributed by atoms with van der Waals surface area (Å²) >= 11 is 0. The topological polar surface area (TPSA) is 63.0 Å². The number of aromatic nitrogens is 4. The summed E-state index contributed by atoms with van der Waals surface area (Å²) in [7, 11) is 0. The van der Waals surface area contributed by atoms with E-state index in [0.29, 0.717) is 24.5 Å². The van der Waals surface area contributed by atoms with Gasteiger partial charge in [0.2, 0.25) is 0 Å². The van der Waals surface area contributed by atoms with E-state index in [9.17, 15) is 4.79 Å². The lowest BCUT2D eigenvalue weighted by atomic mass is 9.95. The van der Waals surface area contributed by atoms with E-state index in [2.05, 4.69) is 26.3 Å². The van der Waals surface area contributed by atoms with Crippen molar-refractivity contribution in [1.82, 2.24) is 19.4 Å². The first-order chi connectivity index (χ1) is 9.24. The number of ketones is 1. The maximum absolute atomic E-state index is 11.7. The van der Waals surface area contributed by atoms with Gasteiger partial charge >= 0.3 is 0 Å². The second-order valence-corrected chi connectivity index (χ2v) is 5.38. The van der Waals surface area contributed by atoms with E-state index in [1.807, 2.05) is 18.5 Å². The van der Waals surface area contributed by atoms with E-state index in [4.69, 9.17) is 0 Å². The van der Waals surface area contributed by atoms with Gasteiger partial charge in [0, 0.05) is 36.8 Å². The minimum atomic E-state index is 0.267. The van der Waals surface area contributed by atoms with Crippen molar-refractivity contribution in [3.05, 3.63) is 30.4 Å². The molecular formula is C14H14N4O. The first-order valence-corrected chi connectivity index (χ1v) is 6.55. The molecule has 5 nitrogen and oxygen atoms in total. The highest BCUT2D eigenvalue weighted by molar-refractivity contribution is 5.82. The quantitative estimate of drug-likeness (QED) is 0.724. The summed E-state index contributed by atoms with van der Waals surface area (Å²) in [5, 5.41) is 0. The molecule has 19 heavy (non-hydrogen) atoms. The molecule has 1 N–H and O–H groups in total. The van der Waals surface area contributed by atoms with Gasteiger partial charge in [-0.3, -0.25) is 9.20 Å². The molecule has 0 saturated heterocycles. The third-order valence-corrected chi connectivity index (χ3v) is 4.13. The van der Waals surface area contributed by atoms with Crippen molar-refractivity contribution in [3.8, 4) is 0 Å². The van der Waals surface area contributed by atoms with Crippen LogP contribution in [0.15, 0.2) is 24.7 Å². The van der Waals surface area contributed by atoms with Crippen LogP contribution in [0.3, 0.4) is 0 Å². The lowest BCUT2D eigenvalue weighted by molar-refractivity contribution is -0.117. The first kappa shape index (κ1) is 10.7. The molecule has 1 saturated carbocycles. The second-order valence-electron chi connectivity index (χ2n) is 5.38. The van der Waals surface area contributed by atoms with Gasteiger partial charge in [-0.05, 0) is 12.0 Å². The van der Waals surface area contributed by atoms with Crippen LogP contribution >= 0.6 is 0 Å². The second kappa shape index (κ2) is 3.66. The molecule has 5 heteroatoms. The van der Waals surface area contributed by atoms with Crippen molar-refractivity contribution in [2.45, 2.75) is 25.7 Å². The van der Waals surface area contributed by atoms with Gasteiger partial charge < -0.3 is 4.98 Å². The molecule has 0 bridgehead atoms. The molecule has 96 valence electrons. The lowest BCUT2D eigenvalue weighted by Crippen LogP contribution is -2.06. The molecular weight excluding hydrogens is 240 g/mol. The van der Waals surface area contributed by atoms with Crippen molar-refractivity contribution in [2.75, 3.05) is 0 Å². The Morgan fingerprint density at radius 3 is 3.00 bits per heavy atom. The smallest absolute Gasteiger partial charge is 0.156 e. The highest BCUT2D eigenvalue weighted by Crippen LogP contribution is 2.38. The normalized spacial score (nSPS) is 23.7. The lowest BCUT2D eigenvalue weighted by Gasteiger charge is -2.14. The number of carbonyl (C=O) groups is 1. The predicted molar refractivity (Wildman–Crippen MR) is 71.0 cm³/mol. The number of imidazole rings is 1. The average molecular weight is 254 g/mol. The minimum Gasteiger partial charge on any atom is -0.345 e. The highest BCUT2D eigenvalue weighted by atomic mass is 16.1. The summed E-state index contributed by atoms with van der Waals surface area (Å²) in [6, 6.07) is 2.00. The van der Waals surface area contributed by atoms with E-state index in [1.54, 1.807) is 6.20 Å². The van der Waals surface area contributed by atoms with Gasteiger partial charge in [-0.15, -0.1) is 0 Å². The number of Topliss-reactive ketones (excluding diaryl/α,β-unsaturated/α-hetero) is 1. The third kappa shape index (κ3) is 1.44. The maximum atomic E-state index is 11.7. The molecule has 0 aliphatic heterocycles. The number of rotatable bonds is 1. The Hall–Kier alpha value is -2.17. The first-order valence-electron chi connectivity index (χ1n) is 6.55. The average Bonchev–Trinajstić information content (AvgIpc) is 3.05. The van der Waals surface area contributed by atoms with Crippen molar-refractivity contribution in [3.63, 3.8) is 0 Å². The molecule has 0 unspecified atom stereocenters. The number of aromatic amines is 1. The summed E-state index contributed by atoms with van der Waals surface area (Å²) in [5.74, 6) is 1.00. The highest BCUT2D eigenvalue weighted by Gasteiger charge is 2.33. The van der Waals surface area contributed by atoms with E-state index in [-0.39, 0.29) is 5.92 Å². The largest absolute Gasteiger partial charge is 0.345 e. The van der Waals surface area contributed by atoms with Gasteiger partial charge in [0.05, 0.1) is 11.7 Å². The summed E-state index contributed by atoms with van der Waals surface area (Å²) in [5.41, 5.74) is 3.84. The molecule has 1 aliphatic carbocycles. The van der Waals surface area contributed by atoms with Crippen molar-refractivity contribution in [2.24, 2.45) is 5.92 Å². The van der Waals surface area contributed by atoms with Crippen LogP contribution in [0.5, 0.6) is 0 Å². The number of nitrogens with one attached hydrogen (secondary N) is 1. The molecule has 0 amide bonds. The van der Waals surface area contributed by atoms with Crippen LogP contribution < -0.4 is 0 Å². The van der Waals surface area contributed by atoms with Gasteiger partial charge in [-0.25, -0.2) is 9.97 Å². The summed E-state index contributed by atoms with van der Waals surface area (Å²) in [6.07, 6.45) is 6.85.